The van der Waals surface area contributed by atoms with Gasteiger partial charge in [-0.15, -0.1) is 0 Å². The van der Waals surface area contributed by atoms with Crippen molar-refractivity contribution in [1.29, 1.82) is 5.26 Å². The molecular weight excluding hydrogens is 390 g/mol. The first-order valence-corrected chi connectivity index (χ1v) is 10.5. The van der Waals surface area contributed by atoms with Crippen LogP contribution >= 0.6 is 0 Å². The highest BCUT2D eigenvalue weighted by molar-refractivity contribution is 7.92. The average molecular weight is 407 g/mol. The predicted molar refractivity (Wildman–Crippen MR) is 107 cm³/mol. The fourth-order valence-corrected chi connectivity index (χ4v) is 4.38. The molecule has 0 fully saturated rings. The summed E-state index contributed by atoms with van der Waals surface area (Å²) in [6, 6.07) is 16.1. The zero-order chi connectivity index (χ0) is 20.4. The largest absolute Gasteiger partial charge is 0.459 e. The number of sulfonamides is 1. The number of rotatable bonds is 4. The van der Waals surface area contributed by atoms with E-state index in [1.54, 1.807) is 35.2 Å². The molecule has 1 N–H and O–H groups in total. The minimum absolute atomic E-state index is 0.0730. The van der Waals surface area contributed by atoms with Crippen LogP contribution in [0.4, 0.5) is 11.4 Å². The third-order valence-corrected chi connectivity index (χ3v) is 6.12. The number of nitrogens with one attached hydrogen (secondary N) is 1. The number of carbonyl (C=O) groups is 1. The highest BCUT2D eigenvalue weighted by Gasteiger charge is 2.26. The molecule has 0 aliphatic carbocycles. The van der Waals surface area contributed by atoms with Gasteiger partial charge >= 0.3 is 0 Å². The Morgan fingerprint density at radius 2 is 1.93 bits per heavy atom. The highest BCUT2D eigenvalue weighted by atomic mass is 32.2. The molecule has 2 heterocycles. The van der Waals surface area contributed by atoms with Crippen molar-refractivity contribution in [3.8, 4) is 6.07 Å². The van der Waals surface area contributed by atoms with Crippen molar-refractivity contribution in [2.75, 3.05) is 16.2 Å². The van der Waals surface area contributed by atoms with Gasteiger partial charge in [0.25, 0.3) is 15.9 Å². The second-order valence-corrected chi connectivity index (χ2v) is 8.31. The van der Waals surface area contributed by atoms with Crippen molar-refractivity contribution in [1.82, 2.24) is 0 Å². The van der Waals surface area contributed by atoms with Crippen molar-refractivity contribution in [2.45, 2.75) is 17.7 Å². The number of nitrogens with zero attached hydrogens (tertiary/aromatic N) is 2. The van der Waals surface area contributed by atoms with E-state index in [0.29, 0.717) is 17.8 Å². The zero-order valence-electron chi connectivity index (χ0n) is 15.3. The van der Waals surface area contributed by atoms with Crippen LogP contribution in [0.1, 0.15) is 28.1 Å². The predicted octanol–water partition coefficient (Wildman–Crippen LogP) is 3.55. The molecule has 0 spiro atoms. The van der Waals surface area contributed by atoms with Crippen molar-refractivity contribution < 1.29 is 17.6 Å². The zero-order valence-corrected chi connectivity index (χ0v) is 16.1. The summed E-state index contributed by atoms with van der Waals surface area (Å²) in [7, 11) is -3.79. The molecule has 1 amide bonds. The van der Waals surface area contributed by atoms with Crippen LogP contribution in [0, 0.1) is 11.3 Å². The number of aryl methyl sites for hydroxylation is 1. The summed E-state index contributed by atoms with van der Waals surface area (Å²) in [6.07, 6.45) is 2.97. The first kappa shape index (κ1) is 18.8. The Labute approximate surface area is 168 Å². The molecule has 2 aromatic carbocycles. The lowest BCUT2D eigenvalue weighted by atomic mass is 10.0. The monoisotopic (exact) mass is 407 g/mol. The Balaban J connectivity index is 1.59. The molecule has 0 atom stereocenters. The van der Waals surface area contributed by atoms with Crippen molar-refractivity contribution >= 4 is 27.3 Å². The standard InChI is InChI=1S/C21H17N3O4S/c22-14-15-5-8-18(9-6-15)29(26,27)23-17-7-10-19-16(13-17)3-1-11-24(19)21(25)20-4-2-12-28-20/h2,4-10,12-13,23H,1,3,11H2. The fourth-order valence-electron chi connectivity index (χ4n) is 3.33. The van der Waals surface area contributed by atoms with Crippen LogP contribution in [0.25, 0.3) is 0 Å². The third-order valence-electron chi connectivity index (χ3n) is 4.72. The second-order valence-electron chi connectivity index (χ2n) is 6.62. The van der Waals surface area contributed by atoms with Crippen LogP contribution in [-0.4, -0.2) is 20.9 Å². The molecule has 1 aromatic heterocycles. The maximum absolute atomic E-state index is 12.7. The number of carbonyl (C=O) groups excluding carboxylic acids is 1. The van der Waals surface area contributed by atoms with Crippen molar-refractivity contribution in [3.63, 3.8) is 0 Å². The molecule has 8 heteroatoms. The molecule has 3 aromatic rings. The summed E-state index contributed by atoms with van der Waals surface area (Å²) in [5, 5.41) is 8.85. The number of furan rings is 1. The highest BCUT2D eigenvalue weighted by Crippen LogP contribution is 2.31. The summed E-state index contributed by atoms with van der Waals surface area (Å²) in [6.45, 7) is 0.572. The molecule has 7 nitrogen and oxygen atoms in total. The van der Waals surface area contributed by atoms with E-state index in [9.17, 15) is 13.2 Å². The summed E-state index contributed by atoms with van der Waals surface area (Å²) in [4.78, 5) is 14.4. The van der Waals surface area contributed by atoms with Crippen molar-refractivity contribution in [2.24, 2.45) is 0 Å². The van der Waals surface area contributed by atoms with Gasteiger partial charge in [0.15, 0.2) is 5.76 Å². The molecule has 0 unspecified atom stereocenters. The molecule has 0 saturated heterocycles. The molecule has 0 bridgehead atoms. The Morgan fingerprint density at radius 3 is 2.62 bits per heavy atom. The number of benzene rings is 2. The van der Waals surface area contributed by atoms with E-state index in [-0.39, 0.29) is 16.6 Å². The number of nitriles is 1. The Morgan fingerprint density at radius 1 is 1.14 bits per heavy atom. The maximum atomic E-state index is 12.7. The van der Waals surface area contributed by atoms with Crippen LogP contribution in [0.5, 0.6) is 0 Å². The van der Waals surface area contributed by atoms with E-state index in [0.717, 1.165) is 24.1 Å². The van der Waals surface area contributed by atoms with Gasteiger partial charge in [-0.05, 0) is 73.0 Å². The summed E-state index contributed by atoms with van der Waals surface area (Å²) < 4.78 is 33.0. The number of amides is 1. The number of hydrogen-bond donors (Lipinski definition) is 1. The smallest absolute Gasteiger partial charge is 0.293 e. The van der Waals surface area contributed by atoms with Gasteiger partial charge < -0.3 is 9.32 Å². The molecule has 0 radical (unpaired) electrons. The van der Waals surface area contributed by atoms with Crippen LogP contribution < -0.4 is 9.62 Å². The van der Waals surface area contributed by atoms with E-state index in [1.807, 2.05) is 6.07 Å². The Bertz CT molecular complexity index is 1190. The van der Waals surface area contributed by atoms with Gasteiger partial charge in [0.2, 0.25) is 0 Å². The van der Waals surface area contributed by atoms with E-state index in [2.05, 4.69) is 4.72 Å². The first-order valence-electron chi connectivity index (χ1n) is 8.99. The molecule has 1 aliphatic rings. The molecule has 4 rings (SSSR count). The summed E-state index contributed by atoms with van der Waals surface area (Å²) >= 11 is 0. The topological polar surface area (TPSA) is 103 Å². The number of anilines is 2. The van der Waals surface area contributed by atoms with Crippen LogP contribution in [0.3, 0.4) is 0 Å². The van der Waals surface area contributed by atoms with E-state index >= 15 is 0 Å². The summed E-state index contributed by atoms with van der Waals surface area (Å²) in [5.74, 6) is 0.0466. The number of fused-ring (bicyclic) bond motifs is 1. The number of hydrogen-bond acceptors (Lipinski definition) is 5. The van der Waals surface area contributed by atoms with E-state index < -0.39 is 10.0 Å². The normalized spacial score (nSPS) is 13.4. The molecule has 146 valence electrons. The van der Waals surface area contributed by atoms with Crippen LogP contribution in [0.2, 0.25) is 0 Å². The van der Waals surface area contributed by atoms with Gasteiger partial charge in [-0.1, -0.05) is 0 Å². The average Bonchev–Trinajstić information content (AvgIpc) is 3.27. The quantitative estimate of drug-likeness (QED) is 0.712. The minimum atomic E-state index is -3.79. The summed E-state index contributed by atoms with van der Waals surface area (Å²) in [5.41, 5.74) is 2.44. The van der Waals surface area contributed by atoms with Gasteiger partial charge in [-0.3, -0.25) is 9.52 Å². The van der Waals surface area contributed by atoms with Gasteiger partial charge in [-0.25, -0.2) is 8.42 Å². The SMILES string of the molecule is N#Cc1ccc(S(=O)(=O)Nc2ccc3c(c2)CCCN3C(=O)c2ccco2)cc1. The Kier molecular flexibility index (Phi) is 4.82. The van der Waals surface area contributed by atoms with Crippen LogP contribution in [-0.2, 0) is 16.4 Å². The molecule has 1 aliphatic heterocycles. The van der Waals surface area contributed by atoms with Crippen molar-refractivity contribution in [3.05, 3.63) is 77.7 Å². The van der Waals surface area contributed by atoms with Gasteiger partial charge in [0.05, 0.1) is 22.8 Å². The second kappa shape index (κ2) is 7.45. The van der Waals surface area contributed by atoms with E-state index in [1.165, 1.54) is 30.5 Å². The third kappa shape index (κ3) is 3.73. The lowest BCUT2D eigenvalue weighted by molar-refractivity contribution is 0.0958. The lowest BCUT2D eigenvalue weighted by Crippen LogP contribution is -2.35. The van der Waals surface area contributed by atoms with E-state index in [4.69, 9.17) is 9.68 Å². The Hall–Kier alpha value is -3.57. The first-order chi connectivity index (χ1) is 14.0. The van der Waals surface area contributed by atoms with Gasteiger partial charge in [0.1, 0.15) is 0 Å². The molecular formula is C21H17N3O4S. The van der Waals surface area contributed by atoms with Gasteiger partial charge in [0, 0.05) is 17.9 Å². The fraction of sp³-hybridized carbons (Fsp3) is 0.143. The lowest BCUT2D eigenvalue weighted by Gasteiger charge is -2.29. The van der Waals surface area contributed by atoms with Crippen LogP contribution in [0.15, 0.2) is 70.2 Å². The maximum Gasteiger partial charge on any atom is 0.293 e. The molecule has 29 heavy (non-hydrogen) atoms. The minimum Gasteiger partial charge on any atom is -0.459 e. The molecule has 0 saturated carbocycles. The van der Waals surface area contributed by atoms with Gasteiger partial charge in [-0.2, -0.15) is 5.26 Å².